The average molecular weight is 210 g/mol. The maximum Gasteiger partial charge on any atom is 0.123 e. The van der Waals surface area contributed by atoms with Crippen LogP contribution in [-0.4, -0.2) is 18.3 Å². The van der Waals surface area contributed by atoms with Crippen LogP contribution in [0, 0.1) is 18.7 Å². The number of hydrogen-bond acceptors (Lipinski definition) is 2. The molecule has 1 aromatic rings. The van der Waals surface area contributed by atoms with Crippen molar-refractivity contribution in [3.05, 3.63) is 35.1 Å². The number of halogens is 1. The molecule has 0 aliphatic carbocycles. The van der Waals surface area contributed by atoms with Gasteiger partial charge in [0.25, 0.3) is 0 Å². The van der Waals surface area contributed by atoms with E-state index in [1.807, 2.05) is 6.92 Å². The van der Waals surface area contributed by atoms with E-state index in [9.17, 15) is 9.50 Å². The van der Waals surface area contributed by atoms with Crippen molar-refractivity contribution in [1.29, 1.82) is 0 Å². The van der Waals surface area contributed by atoms with Crippen molar-refractivity contribution in [2.24, 2.45) is 5.92 Å². The molecule has 1 N–H and O–H groups in total. The van der Waals surface area contributed by atoms with E-state index in [1.165, 1.54) is 12.1 Å². The molecule has 2 nitrogen and oxygen atoms in total. The number of benzene rings is 1. The topological polar surface area (TPSA) is 29.5 Å². The van der Waals surface area contributed by atoms with Gasteiger partial charge in [-0.15, -0.1) is 0 Å². The molecule has 2 atom stereocenters. The lowest BCUT2D eigenvalue weighted by Gasteiger charge is -2.18. The zero-order valence-corrected chi connectivity index (χ0v) is 8.74. The smallest absolute Gasteiger partial charge is 0.123 e. The van der Waals surface area contributed by atoms with Crippen LogP contribution >= 0.6 is 0 Å². The lowest BCUT2D eigenvalue weighted by atomic mass is 9.93. The molecule has 0 bridgehead atoms. The molecule has 0 spiro atoms. The Morgan fingerprint density at radius 2 is 2.33 bits per heavy atom. The van der Waals surface area contributed by atoms with Crippen molar-refractivity contribution in [3.8, 4) is 0 Å². The number of aliphatic hydroxyl groups excluding tert-OH is 1. The summed E-state index contributed by atoms with van der Waals surface area (Å²) < 4.78 is 18.7. The monoisotopic (exact) mass is 210 g/mol. The molecule has 2 rings (SSSR count). The van der Waals surface area contributed by atoms with Crippen LogP contribution in [0.25, 0.3) is 0 Å². The number of rotatable bonds is 2. The third-order valence-electron chi connectivity index (χ3n) is 3.00. The molecule has 1 saturated heterocycles. The molecule has 0 aromatic heterocycles. The van der Waals surface area contributed by atoms with Gasteiger partial charge in [-0.05, 0) is 36.6 Å². The van der Waals surface area contributed by atoms with Crippen LogP contribution in [0.15, 0.2) is 18.2 Å². The largest absolute Gasteiger partial charge is 0.396 e. The van der Waals surface area contributed by atoms with Crippen molar-refractivity contribution < 1.29 is 14.2 Å². The summed E-state index contributed by atoms with van der Waals surface area (Å²) in [4.78, 5) is 0. The molecular weight excluding hydrogens is 195 g/mol. The highest BCUT2D eigenvalue weighted by molar-refractivity contribution is 5.29. The third kappa shape index (κ3) is 2.03. The molecule has 2 unspecified atom stereocenters. The summed E-state index contributed by atoms with van der Waals surface area (Å²) in [7, 11) is 0. The van der Waals surface area contributed by atoms with Crippen LogP contribution < -0.4 is 0 Å². The summed E-state index contributed by atoms with van der Waals surface area (Å²) in [6.45, 7) is 2.68. The zero-order valence-electron chi connectivity index (χ0n) is 8.74. The van der Waals surface area contributed by atoms with E-state index in [4.69, 9.17) is 4.74 Å². The average Bonchev–Trinajstić information content (AvgIpc) is 2.69. The first-order valence-corrected chi connectivity index (χ1v) is 5.21. The number of aliphatic hydroxyl groups is 1. The molecular formula is C12H15FO2. The Hall–Kier alpha value is -0.930. The Labute approximate surface area is 88.7 Å². The molecule has 0 radical (unpaired) electrons. The molecule has 0 saturated carbocycles. The van der Waals surface area contributed by atoms with Crippen LogP contribution in [0.2, 0.25) is 0 Å². The van der Waals surface area contributed by atoms with Gasteiger partial charge in [0, 0.05) is 19.1 Å². The summed E-state index contributed by atoms with van der Waals surface area (Å²) in [5.41, 5.74) is 1.88. The van der Waals surface area contributed by atoms with Gasteiger partial charge in [-0.3, -0.25) is 0 Å². The van der Waals surface area contributed by atoms with E-state index in [0.717, 1.165) is 17.5 Å². The normalized spacial score (nSPS) is 25.8. The second-order valence-electron chi connectivity index (χ2n) is 4.02. The lowest BCUT2D eigenvalue weighted by Crippen LogP contribution is -2.12. The van der Waals surface area contributed by atoms with Crippen molar-refractivity contribution >= 4 is 0 Å². The fourth-order valence-corrected chi connectivity index (χ4v) is 2.08. The van der Waals surface area contributed by atoms with Gasteiger partial charge in [0.15, 0.2) is 0 Å². The Balaban J connectivity index is 2.31. The van der Waals surface area contributed by atoms with E-state index < -0.39 is 0 Å². The number of aryl methyl sites for hydroxylation is 1. The Kier molecular flexibility index (Phi) is 3.03. The third-order valence-corrected chi connectivity index (χ3v) is 3.00. The first-order chi connectivity index (χ1) is 7.22. The van der Waals surface area contributed by atoms with E-state index in [-0.39, 0.29) is 24.4 Å². The predicted molar refractivity (Wildman–Crippen MR) is 55.0 cm³/mol. The quantitative estimate of drug-likeness (QED) is 0.810. The van der Waals surface area contributed by atoms with Crippen LogP contribution in [0.4, 0.5) is 4.39 Å². The zero-order chi connectivity index (χ0) is 10.8. The SMILES string of the molecule is Cc1ccc(F)cc1C1OCCC1CO. The summed E-state index contributed by atoms with van der Waals surface area (Å²) in [5, 5.41) is 9.18. The first kappa shape index (κ1) is 10.6. The number of hydrogen-bond donors (Lipinski definition) is 1. The molecule has 3 heteroatoms. The first-order valence-electron chi connectivity index (χ1n) is 5.21. The predicted octanol–water partition coefficient (Wildman–Crippen LogP) is 2.20. The van der Waals surface area contributed by atoms with Crippen molar-refractivity contribution in [2.45, 2.75) is 19.4 Å². The summed E-state index contributed by atoms with van der Waals surface area (Å²) in [5.74, 6) is -0.145. The van der Waals surface area contributed by atoms with Gasteiger partial charge in [-0.25, -0.2) is 4.39 Å². The molecule has 1 aliphatic heterocycles. The van der Waals surface area contributed by atoms with Gasteiger partial charge in [0.05, 0.1) is 6.10 Å². The number of ether oxygens (including phenoxy) is 1. The minimum absolute atomic E-state index is 0.0978. The van der Waals surface area contributed by atoms with Crippen LogP contribution in [-0.2, 0) is 4.74 Å². The Morgan fingerprint density at radius 1 is 1.53 bits per heavy atom. The molecule has 0 amide bonds. The van der Waals surface area contributed by atoms with E-state index in [0.29, 0.717) is 6.61 Å². The molecule has 1 fully saturated rings. The fourth-order valence-electron chi connectivity index (χ4n) is 2.08. The van der Waals surface area contributed by atoms with E-state index in [1.54, 1.807) is 6.07 Å². The highest BCUT2D eigenvalue weighted by Gasteiger charge is 2.30. The second-order valence-corrected chi connectivity index (χ2v) is 4.02. The van der Waals surface area contributed by atoms with Gasteiger partial charge in [-0.2, -0.15) is 0 Å². The maximum atomic E-state index is 13.1. The second kappa shape index (κ2) is 4.29. The summed E-state index contributed by atoms with van der Waals surface area (Å²) >= 11 is 0. The van der Waals surface area contributed by atoms with E-state index >= 15 is 0 Å². The molecule has 1 aliphatic rings. The minimum atomic E-state index is -0.247. The lowest BCUT2D eigenvalue weighted by molar-refractivity contribution is 0.0714. The van der Waals surface area contributed by atoms with E-state index in [2.05, 4.69) is 0 Å². The van der Waals surface area contributed by atoms with Crippen molar-refractivity contribution in [1.82, 2.24) is 0 Å². The van der Waals surface area contributed by atoms with Gasteiger partial charge in [-0.1, -0.05) is 6.07 Å². The highest BCUT2D eigenvalue weighted by atomic mass is 19.1. The fraction of sp³-hybridized carbons (Fsp3) is 0.500. The van der Waals surface area contributed by atoms with Crippen LogP contribution in [0.1, 0.15) is 23.7 Å². The van der Waals surface area contributed by atoms with Crippen LogP contribution in [0.5, 0.6) is 0 Å². The standard InChI is InChI=1S/C12H15FO2/c1-8-2-3-10(13)6-11(8)12-9(7-14)4-5-15-12/h2-3,6,9,12,14H,4-5,7H2,1H3. The molecule has 1 heterocycles. The molecule has 15 heavy (non-hydrogen) atoms. The Bertz CT molecular complexity index is 351. The van der Waals surface area contributed by atoms with Gasteiger partial charge in [0.1, 0.15) is 5.82 Å². The van der Waals surface area contributed by atoms with Gasteiger partial charge in [0.2, 0.25) is 0 Å². The maximum absolute atomic E-state index is 13.1. The molecule has 82 valence electrons. The van der Waals surface area contributed by atoms with Crippen LogP contribution in [0.3, 0.4) is 0 Å². The highest BCUT2D eigenvalue weighted by Crippen LogP contribution is 2.35. The molecule has 1 aromatic carbocycles. The minimum Gasteiger partial charge on any atom is -0.396 e. The van der Waals surface area contributed by atoms with Gasteiger partial charge >= 0.3 is 0 Å². The van der Waals surface area contributed by atoms with Gasteiger partial charge < -0.3 is 9.84 Å². The Morgan fingerprint density at radius 3 is 3.07 bits per heavy atom. The summed E-state index contributed by atoms with van der Waals surface area (Å²) in [6.07, 6.45) is 0.697. The van der Waals surface area contributed by atoms with Crippen molar-refractivity contribution in [2.75, 3.05) is 13.2 Å². The summed E-state index contributed by atoms with van der Waals surface area (Å²) in [6, 6.07) is 4.70. The van der Waals surface area contributed by atoms with Crippen molar-refractivity contribution in [3.63, 3.8) is 0 Å².